The predicted molar refractivity (Wildman–Crippen MR) is 63.9 cm³/mol. The summed E-state index contributed by atoms with van der Waals surface area (Å²) in [6, 6.07) is 7.19. The summed E-state index contributed by atoms with van der Waals surface area (Å²) in [4.78, 5) is 0. The quantitative estimate of drug-likeness (QED) is 0.783. The van der Waals surface area contributed by atoms with E-state index >= 15 is 0 Å². The first-order chi connectivity index (χ1) is 6.29. The predicted octanol–water partition coefficient (Wildman–Crippen LogP) is 3.02. The van der Waals surface area contributed by atoms with E-state index in [0.29, 0.717) is 6.04 Å². The fourth-order valence-electron chi connectivity index (χ4n) is 1.95. The molecule has 1 aliphatic rings. The second kappa shape index (κ2) is 3.96. The largest absolute Gasteiger partial charge is 0.310 e. The first-order valence-electron chi connectivity index (χ1n) is 4.77. The van der Waals surface area contributed by atoms with Crippen LogP contribution in [0.4, 0.5) is 0 Å². The Morgan fingerprint density at radius 2 is 2.31 bits per heavy atom. The Bertz CT molecular complexity index is 303. The second-order valence-corrected chi connectivity index (χ2v) is 4.77. The van der Waals surface area contributed by atoms with Crippen LogP contribution in [0.2, 0.25) is 0 Å². The highest BCUT2D eigenvalue weighted by Crippen LogP contribution is 2.27. The minimum Gasteiger partial charge on any atom is -0.310 e. The van der Waals surface area contributed by atoms with Gasteiger partial charge in [-0.25, -0.2) is 0 Å². The second-order valence-electron chi connectivity index (χ2n) is 3.60. The zero-order chi connectivity index (χ0) is 9.26. The van der Waals surface area contributed by atoms with Gasteiger partial charge in [-0.2, -0.15) is 0 Å². The molecule has 1 unspecified atom stereocenters. The summed E-state index contributed by atoms with van der Waals surface area (Å²) in [5.41, 5.74) is 2.94. The molecule has 1 nitrogen and oxygen atoms in total. The van der Waals surface area contributed by atoms with Crippen molar-refractivity contribution in [3.63, 3.8) is 0 Å². The van der Waals surface area contributed by atoms with Crippen LogP contribution in [-0.2, 0) is 0 Å². The van der Waals surface area contributed by atoms with Crippen molar-refractivity contribution in [1.29, 1.82) is 0 Å². The molecule has 0 radical (unpaired) electrons. The van der Waals surface area contributed by atoms with E-state index in [9.17, 15) is 0 Å². The van der Waals surface area contributed by atoms with Gasteiger partial charge in [0.1, 0.15) is 0 Å². The Kier molecular flexibility index (Phi) is 2.89. The molecule has 1 atom stereocenters. The summed E-state index contributed by atoms with van der Waals surface area (Å²) in [6.45, 7) is 3.40. The molecule has 0 amide bonds. The Morgan fingerprint density at radius 3 is 3.00 bits per heavy atom. The molecular formula is C11H14IN. The van der Waals surface area contributed by atoms with E-state index in [1.165, 1.54) is 34.1 Å². The smallest absolute Gasteiger partial charge is 0.0323 e. The highest BCUT2D eigenvalue weighted by molar-refractivity contribution is 14.1. The Hall–Kier alpha value is -0.0900. The molecule has 1 heterocycles. The molecule has 1 saturated heterocycles. The zero-order valence-corrected chi connectivity index (χ0v) is 9.97. The van der Waals surface area contributed by atoms with Crippen LogP contribution in [0, 0.1) is 10.5 Å². The lowest BCUT2D eigenvalue weighted by Crippen LogP contribution is -2.14. The van der Waals surface area contributed by atoms with Gasteiger partial charge in [0.15, 0.2) is 0 Å². The number of hydrogen-bond donors (Lipinski definition) is 1. The lowest BCUT2D eigenvalue weighted by Gasteiger charge is -2.14. The average Bonchev–Trinajstić information content (AvgIpc) is 2.62. The van der Waals surface area contributed by atoms with Gasteiger partial charge in [0, 0.05) is 9.61 Å². The normalized spacial score (nSPS) is 22.2. The Labute approximate surface area is 93.1 Å². The maximum absolute atomic E-state index is 3.54. The Morgan fingerprint density at radius 1 is 1.46 bits per heavy atom. The molecule has 0 aromatic heterocycles. The highest BCUT2D eigenvalue weighted by atomic mass is 127. The molecule has 1 fully saturated rings. The van der Waals surface area contributed by atoms with Crippen LogP contribution in [0.3, 0.4) is 0 Å². The fraction of sp³-hybridized carbons (Fsp3) is 0.455. The number of nitrogens with one attached hydrogen (secondary N) is 1. The van der Waals surface area contributed by atoms with Gasteiger partial charge in [-0.3, -0.25) is 0 Å². The van der Waals surface area contributed by atoms with Gasteiger partial charge >= 0.3 is 0 Å². The summed E-state index contributed by atoms with van der Waals surface area (Å²) < 4.78 is 1.38. The summed E-state index contributed by atoms with van der Waals surface area (Å²) in [6.07, 6.45) is 2.61. The lowest BCUT2D eigenvalue weighted by atomic mass is 10.0. The molecule has 0 aliphatic carbocycles. The van der Waals surface area contributed by atoms with Crippen LogP contribution in [0.1, 0.15) is 30.0 Å². The number of hydrogen-bond acceptors (Lipinski definition) is 1. The average molecular weight is 287 g/mol. The van der Waals surface area contributed by atoms with Crippen molar-refractivity contribution in [2.24, 2.45) is 0 Å². The van der Waals surface area contributed by atoms with Crippen molar-refractivity contribution >= 4 is 22.6 Å². The fourth-order valence-corrected chi connectivity index (χ4v) is 2.47. The van der Waals surface area contributed by atoms with Crippen molar-refractivity contribution in [1.82, 2.24) is 5.32 Å². The Balaban J connectivity index is 2.33. The van der Waals surface area contributed by atoms with Gasteiger partial charge in [0.2, 0.25) is 0 Å². The monoisotopic (exact) mass is 287 g/mol. The molecule has 0 spiro atoms. The summed E-state index contributed by atoms with van der Waals surface area (Å²) in [5, 5.41) is 3.54. The van der Waals surface area contributed by atoms with Crippen molar-refractivity contribution in [3.8, 4) is 0 Å². The van der Waals surface area contributed by atoms with Crippen molar-refractivity contribution < 1.29 is 0 Å². The number of rotatable bonds is 1. The molecule has 1 N–H and O–H groups in total. The molecular weight excluding hydrogens is 273 g/mol. The molecule has 13 heavy (non-hydrogen) atoms. The van der Waals surface area contributed by atoms with Gasteiger partial charge in [0.05, 0.1) is 0 Å². The van der Waals surface area contributed by atoms with E-state index in [4.69, 9.17) is 0 Å². The molecule has 0 bridgehead atoms. The molecule has 70 valence electrons. The molecule has 2 rings (SSSR count). The SMILES string of the molecule is Cc1c(I)cccc1C1CCCN1. The van der Waals surface area contributed by atoms with Crippen molar-refractivity contribution in [2.45, 2.75) is 25.8 Å². The standard InChI is InChI=1S/C11H14IN/c1-8-9(4-2-5-10(8)12)11-6-3-7-13-11/h2,4-5,11,13H,3,6-7H2,1H3. The minimum atomic E-state index is 0.606. The van der Waals surface area contributed by atoms with Gasteiger partial charge in [0.25, 0.3) is 0 Å². The van der Waals surface area contributed by atoms with Crippen LogP contribution in [0.15, 0.2) is 18.2 Å². The molecule has 2 heteroatoms. The minimum absolute atomic E-state index is 0.606. The van der Waals surface area contributed by atoms with E-state index in [1.54, 1.807) is 0 Å². The first kappa shape index (κ1) is 9.46. The van der Waals surface area contributed by atoms with Crippen LogP contribution in [0.25, 0.3) is 0 Å². The first-order valence-corrected chi connectivity index (χ1v) is 5.85. The topological polar surface area (TPSA) is 12.0 Å². The third kappa shape index (κ3) is 1.89. The van der Waals surface area contributed by atoms with Crippen molar-refractivity contribution in [2.75, 3.05) is 6.54 Å². The third-order valence-electron chi connectivity index (χ3n) is 2.75. The van der Waals surface area contributed by atoms with E-state index in [0.717, 1.165) is 0 Å². The zero-order valence-electron chi connectivity index (χ0n) is 7.81. The molecule has 1 aromatic carbocycles. The van der Waals surface area contributed by atoms with Crippen LogP contribution in [0.5, 0.6) is 0 Å². The third-order valence-corrected chi connectivity index (χ3v) is 3.91. The van der Waals surface area contributed by atoms with Crippen LogP contribution >= 0.6 is 22.6 Å². The van der Waals surface area contributed by atoms with E-state index in [1.807, 2.05) is 0 Å². The van der Waals surface area contributed by atoms with Gasteiger partial charge in [-0.1, -0.05) is 12.1 Å². The highest BCUT2D eigenvalue weighted by Gasteiger charge is 2.18. The van der Waals surface area contributed by atoms with Crippen LogP contribution < -0.4 is 5.32 Å². The van der Waals surface area contributed by atoms with E-state index < -0.39 is 0 Å². The van der Waals surface area contributed by atoms with Gasteiger partial charge < -0.3 is 5.32 Å². The summed E-state index contributed by atoms with van der Waals surface area (Å²) in [5.74, 6) is 0. The van der Waals surface area contributed by atoms with E-state index in [2.05, 4.69) is 53.0 Å². The molecule has 0 saturated carbocycles. The number of halogens is 1. The maximum atomic E-state index is 3.54. The van der Waals surface area contributed by atoms with Gasteiger partial charge in [-0.15, -0.1) is 0 Å². The molecule has 1 aromatic rings. The van der Waals surface area contributed by atoms with Gasteiger partial charge in [-0.05, 0) is 66.1 Å². The lowest BCUT2D eigenvalue weighted by molar-refractivity contribution is 0.643. The molecule has 1 aliphatic heterocycles. The van der Waals surface area contributed by atoms with E-state index in [-0.39, 0.29) is 0 Å². The van der Waals surface area contributed by atoms with Crippen molar-refractivity contribution in [3.05, 3.63) is 32.9 Å². The maximum Gasteiger partial charge on any atom is 0.0323 e. The van der Waals surface area contributed by atoms with Crippen LogP contribution in [-0.4, -0.2) is 6.54 Å². The summed E-state index contributed by atoms with van der Waals surface area (Å²) in [7, 11) is 0. The number of benzene rings is 1. The summed E-state index contributed by atoms with van der Waals surface area (Å²) >= 11 is 2.41.